The quantitative estimate of drug-likeness (QED) is 0.164. The average Bonchev–Trinajstić information content (AvgIpc) is 3.00. The summed E-state index contributed by atoms with van der Waals surface area (Å²) in [7, 11) is -4.09. The molecule has 0 aliphatic carbocycles. The van der Waals surface area contributed by atoms with Gasteiger partial charge < -0.3 is 21.1 Å². The molecule has 1 spiro atoms. The fraction of sp³-hybridized carbons (Fsp3) is 0.310. The van der Waals surface area contributed by atoms with Crippen LogP contribution in [-0.2, 0) is 32.0 Å². The minimum absolute atomic E-state index is 0. The summed E-state index contributed by atoms with van der Waals surface area (Å²) in [6.07, 6.45) is 6.13. The molecule has 2 heterocycles. The molecule has 5 nitrogen and oxygen atoms in total. The van der Waals surface area contributed by atoms with Crippen LogP contribution in [0, 0.1) is 12.7 Å². The Bertz CT molecular complexity index is 1350. The molecule has 7 heteroatoms. The summed E-state index contributed by atoms with van der Waals surface area (Å²) in [5, 5.41) is 2.32. The normalized spacial score (nSPS) is 19.1. The van der Waals surface area contributed by atoms with Crippen LogP contribution in [0.15, 0.2) is 66.7 Å². The van der Waals surface area contributed by atoms with Crippen LogP contribution in [0.25, 0.3) is 16.8 Å². The van der Waals surface area contributed by atoms with Crippen LogP contribution in [0.3, 0.4) is 0 Å². The number of nitrogens with zero attached hydrogens (tertiary/aromatic N) is 1. The first-order valence-corrected chi connectivity index (χ1v) is 13.5. The maximum absolute atomic E-state index is 11.1. The molecule has 0 saturated heterocycles. The van der Waals surface area contributed by atoms with Gasteiger partial charge in [-0.05, 0) is 54.5 Å². The second kappa shape index (κ2) is 11.0. The minimum Gasteiger partial charge on any atom is -0.463 e. The Morgan fingerprint density at radius 2 is 1.72 bits per heavy atom. The van der Waals surface area contributed by atoms with Gasteiger partial charge in [0.1, 0.15) is 15.9 Å². The molecular weight excluding hydrogens is 517 g/mol. The summed E-state index contributed by atoms with van der Waals surface area (Å²) in [5.74, 6) is 1.80. The number of ether oxygens (including phenoxy) is 1. The Morgan fingerprint density at radius 3 is 2.44 bits per heavy atom. The predicted molar refractivity (Wildman–Crippen MR) is 144 cm³/mol. The Balaban J connectivity index is 0.000000861. The van der Waals surface area contributed by atoms with Crippen molar-refractivity contribution in [3.05, 3.63) is 90.5 Å². The van der Waals surface area contributed by atoms with E-state index >= 15 is 0 Å². The van der Waals surface area contributed by atoms with Crippen molar-refractivity contribution in [1.82, 2.24) is 0 Å². The van der Waals surface area contributed by atoms with Crippen LogP contribution in [0.2, 0.25) is 0 Å². The maximum atomic E-state index is 11.1. The second-order valence-electron chi connectivity index (χ2n) is 9.45. The van der Waals surface area contributed by atoms with Gasteiger partial charge in [0.05, 0.1) is 5.41 Å². The molecule has 3 aromatic carbocycles. The molecule has 2 aliphatic heterocycles. The zero-order valence-electron chi connectivity index (χ0n) is 20.9. The van der Waals surface area contributed by atoms with Crippen LogP contribution in [0.1, 0.15) is 51.2 Å². The zero-order valence-corrected chi connectivity index (χ0v) is 22.7. The van der Waals surface area contributed by atoms with Gasteiger partial charge >= 0.3 is 16.5 Å². The Kier molecular flexibility index (Phi) is 8.60. The van der Waals surface area contributed by atoms with Crippen molar-refractivity contribution in [2.24, 2.45) is 0 Å². The van der Waals surface area contributed by atoms with Crippen LogP contribution in [0.5, 0.6) is 5.75 Å². The van der Waals surface area contributed by atoms with Crippen LogP contribution in [0.4, 0.5) is 5.69 Å². The van der Waals surface area contributed by atoms with E-state index in [1.165, 1.54) is 10.9 Å². The Morgan fingerprint density at radius 1 is 1.06 bits per heavy atom. The number of unbranched alkanes of at least 4 members (excludes halogenated alkanes) is 1. The summed E-state index contributed by atoms with van der Waals surface area (Å²) in [4.78, 5) is 2.23. The number of rotatable bonds is 5. The number of hydrogen-bond acceptors (Lipinski definition) is 4. The van der Waals surface area contributed by atoms with E-state index in [4.69, 9.17) is 9.29 Å². The van der Waals surface area contributed by atoms with Crippen molar-refractivity contribution < 1.29 is 34.2 Å². The molecule has 1 atom stereocenters. The van der Waals surface area contributed by atoms with Crippen molar-refractivity contribution in [3.63, 3.8) is 0 Å². The fourth-order valence-corrected chi connectivity index (χ4v) is 5.59. The monoisotopic (exact) mass is 549 g/mol. The van der Waals surface area contributed by atoms with Gasteiger partial charge in [-0.1, -0.05) is 61.9 Å². The van der Waals surface area contributed by atoms with E-state index in [1.807, 2.05) is 37.3 Å². The molecular formula is C29H33NNiO4S. The molecule has 1 N–H and O–H groups in total. The first-order valence-electron chi connectivity index (χ1n) is 12.0. The summed E-state index contributed by atoms with van der Waals surface area (Å²) in [6.45, 7) is 10.5. The van der Waals surface area contributed by atoms with Crippen LogP contribution in [-0.4, -0.2) is 25.2 Å². The molecule has 0 saturated carbocycles. The third kappa shape index (κ3) is 5.07. The first-order chi connectivity index (χ1) is 16.6. The van der Waals surface area contributed by atoms with E-state index in [2.05, 4.69) is 68.2 Å². The van der Waals surface area contributed by atoms with E-state index < -0.39 is 15.8 Å². The van der Waals surface area contributed by atoms with Crippen LogP contribution >= 0.6 is 0 Å². The molecule has 0 fully saturated rings. The van der Waals surface area contributed by atoms with Gasteiger partial charge in [-0.25, -0.2) is 8.42 Å². The number of fused-ring (bicyclic) bond motifs is 4. The van der Waals surface area contributed by atoms with Crippen molar-refractivity contribution in [1.29, 1.82) is 0 Å². The van der Waals surface area contributed by atoms with Gasteiger partial charge in [-0.2, -0.15) is 18.6 Å². The second-order valence-corrected chi connectivity index (χ2v) is 10.8. The summed E-state index contributed by atoms with van der Waals surface area (Å²) in [6, 6.07) is 20.7. The Labute approximate surface area is 225 Å². The molecule has 3 aromatic rings. The molecule has 0 aromatic heterocycles. The van der Waals surface area contributed by atoms with Crippen molar-refractivity contribution in [2.45, 2.75) is 51.2 Å². The average molecular weight is 550 g/mol. The topological polar surface area (TPSA) is 66.8 Å². The number of para-hydroxylation sites is 1. The first kappa shape index (κ1) is 28.2. The van der Waals surface area contributed by atoms with Gasteiger partial charge in [0, 0.05) is 17.8 Å². The van der Waals surface area contributed by atoms with Gasteiger partial charge in [-0.15, -0.1) is 0 Å². The molecule has 5 rings (SSSR count). The van der Waals surface area contributed by atoms with Gasteiger partial charge in [0.2, 0.25) is 5.72 Å². The van der Waals surface area contributed by atoms with E-state index in [9.17, 15) is 8.42 Å². The maximum Gasteiger partial charge on any atom is 2.00 e. The summed E-state index contributed by atoms with van der Waals surface area (Å²) >= 11 is 0. The SMILES string of the molecule is CC1(C)c2ccccc2N(CCC[CH-]S(=O)(=O)O)C12C=Cc1c(ccc3ccccc13)O2.[CH2-]CC.[Ni+2]. The fourth-order valence-electron chi connectivity index (χ4n) is 5.13. The Hall–Kier alpha value is -2.34. The molecule has 0 amide bonds. The van der Waals surface area contributed by atoms with Gasteiger partial charge in [0.25, 0.3) is 0 Å². The van der Waals surface area contributed by atoms with Crippen molar-refractivity contribution >= 4 is 32.7 Å². The third-order valence-corrected chi connectivity index (χ3v) is 7.41. The van der Waals surface area contributed by atoms with Gasteiger partial charge in [-0.3, -0.25) is 0 Å². The third-order valence-electron chi connectivity index (χ3n) is 6.75. The van der Waals surface area contributed by atoms with Crippen molar-refractivity contribution in [2.75, 3.05) is 11.4 Å². The van der Waals surface area contributed by atoms with E-state index in [-0.39, 0.29) is 28.3 Å². The van der Waals surface area contributed by atoms with Crippen molar-refractivity contribution in [3.8, 4) is 5.75 Å². The van der Waals surface area contributed by atoms with E-state index in [0.29, 0.717) is 13.0 Å². The standard InChI is InChI=1S/C26H26NO4S.C3H7.Ni/c1-25(2)22-11-5-6-12-23(22)27(17-7-8-18-32(28,29)30)26(25)16-15-21-20-10-4-3-9-19(20)13-14-24(21)31-26;1-3-2;/h3-6,9-16,18H,7-8,17H2,1-2H3,(H,28,29,30);1,3H2,2H3;/q2*-1;+2. The summed E-state index contributed by atoms with van der Waals surface area (Å²) in [5.41, 5.74) is 2.24. The summed E-state index contributed by atoms with van der Waals surface area (Å²) < 4.78 is 38.2. The molecule has 0 radical (unpaired) electrons. The molecule has 0 bridgehead atoms. The molecule has 1 unspecified atom stereocenters. The zero-order chi connectivity index (χ0) is 25.3. The molecule has 194 valence electrons. The molecule has 36 heavy (non-hydrogen) atoms. The number of hydrogen-bond donors (Lipinski definition) is 1. The van der Waals surface area contributed by atoms with E-state index in [0.717, 1.165) is 34.6 Å². The van der Waals surface area contributed by atoms with Crippen LogP contribution < -0.4 is 9.64 Å². The number of benzene rings is 3. The smallest absolute Gasteiger partial charge is 0.463 e. The minimum atomic E-state index is -4.09. The molecule has 2 aliphatic rings. The van der Waals surface area contributed by atoms with E-state index in [1.54, 1.807) is 0 Å². The predicted octanol–water partition coefficient (Wildman–Crippen LogP) is 6.80. The largest absolute Gasteiger partial charge is 2.00 e. The van der Waals surface area contributed by atoms with Gasteiger partial charge in [0.15, 0.2) is 0 Å². The number of anilines is 1.